The number of aliphatic hydroxyl groups is 3. The Kier molecular flexibility index (Phi) is 31.2. The number of Topliss-reactive ketones (excluding diaryl/α,β-unsaturated/α-hetero) is 1. The van der Waals surface area contributed by atoms with Gasteiger partial charge in [0.1, 0.15) is 18.1 Å². The molecule has 1 saturated heterocycles. The number of amides is 1. The van der Waals surface area contributed by atoms with Gasteiger partial charge in [-0.3, -0.25) is 15.3 Å². The summed E-state index contributed by atoms with van der Waals surface area (Å²) in [5, 5.41) is 31.5. The zero-order chi connectivity index (χ0) is 39.0. The second-order valence-electron chi connectivity index (χ2n) is 16.3. The molecule has 0 aromatic heterocycles. The van der Waals surface area contributed by atoms with Crippen molar-refractivity contribution in [1.29, 1.82) is 0 Å². The molecular weight excluding hydrogens is 666 g/mol. The lowest BCUT2D eigenvalue weighted by molar-refractivity contribution is -0.291. The fourth-order valence-electron chi connectivity index (χ4n) is 8.07. The first kappa shape index (κ1) is 49.9. The summed E-state index contributed by atoms with van der Waals surface area (Å²) < 4.78 is 5.98. The van der Waals surface area contributed by atoms with Gasteiger partial charge in [-0.2, -0.15) is 0 Å². The summed E-state index contributed by atoms with van der Waals surface area (Å²) in [6, 6.07) is 0. The number of carbonyl (C=O) groups excluding carboxylic acids is 2. The molecule has 0 aliphatic carbocycles. The average molecular weight is 754 g/mol. The molecule has 0 aromatic carbocycles. The van der Waals surface area contributed by atoms with Crippen LogP contribution in [0.2, 0.25) is 0 Å². The van der Waals surface area contributed by atoms with Gasteiger partial charge in [0, 0.05) is 13.0 Å². The van der Waals surface area contributed by atoms with Crippen molar-refractivity contribution in [3.8, 4) is 0 Å². The van der Waals surface area contributed by atoms with E-state index < -0.39 is 49.0 Å². The zero-order valence-electron chi connectivity index (χ0n) is 34.7. The van der Waals surface area contributed by atoms with Crippen LogP contribution in [0.3, 0.4) is 0 Å². The van der Waals surface area contributed by atoms with E-state index in [1.54, 1.807) is 0 Å². The fourth-order valence-corrected chi connectivity index (χ4v) is 8.07. The van der Waals surface area contributed by atoms with Crippen molar-refractivity contribution in [2.75, 3.05) is 19.7 Å². The fraction of sp³-hybridized carbons (Fsp3) is 0.955. The lowest BCUT2D eigenvalue weighted by Gasteiger charge is -2.52. The minimum atomic E-state index is -2.01. The maximum atomic E-state index is 13.8. The first-order valence-corrected chi connectivity index (χ1v) is 22.7. The second-order valence-corrected chi connectivity index (χ2v) is 16.3. The smallest absolute Gasteiger partial charge is 0.225 e. The van der Waals surface area contributed by atoms with E-state index in [0.717, 1.165) is 38.5 Å². The van der Waals surface area contributed by atoms with Gasteiger partial charge >= 0.3 is 0 Å². The number of nitrogens with zero attached hydrogens (tertiary/aromatic N) is 1. The summed E-state index contributed by atoms with van der Waals surface area (Å²) in [5.41, 5.74) is 12.5. The van der Waals surface area contributed by atoms with Gasteiger partial charge in [-0.05, 0) is 12.8 Å². The van der Waals surface area contributed by atoms with Gasteiger partial charge in [0.25, 0.3) is 0 Å². The number of ether oxygens (including phenoxy) is 1. The van der Waals surface area contributed by atoms with Crippen LogP contribution in [-0.2, 0) is 14.3 Å². The maximum Gasteiger partial charge on any atom is 0.225 e. The molecule has 1 aliphatic rings. The van der Waals surface area contributed by atoms with E-state index >= 15 is 0 Å². The second kappa shape index (κ2) is 33.1. The third-order valence-corrected chi connectivity index (χ3v) is 11.5. The Morgan fingerprint density at radius 3 is 1.25 bits per heavy atom. The number of rotatable bonds is 37. The van der Waals surface area contributed by atoms with Crippen LogP contribution < -0.4 is 11.5 Å². The molecule has 1 fully saturated rings. The molecule has 0 saturated carbocycles. The third-order valence-electron chi connectivity index (χ3n) is 11.5. The Morgan fingerprint density at radius 2 is 0.906 bits per heavy atom. The van der Waals surface area contributed by atoms with Crippen molar-refractivity contribution in [3.05, 3.63) is 0 Å². The van der Waals surface area contributed by atoms with Crippen molar-refractivity contribution in [2.45, 2.75) is 243 Å². The summed E-state index contributed by atoms with van der Waals surface area (Å²) in [6.45, 7) is 3.76. The van der Waals surface area contributed by atoms with Crippen LogP contribution in [0, 0.1) is 5.92 Å². The highest BCUT2D eigenvalue weighted by Gasteiger charge is 2.58. The van der Waals surface area contributed by atoms with Gasteiger partial charge in [-0.25, -0.2) is 0 Å². The van der Waals surface area contributed by atoms with E-state index in [4.69, 9.17) is 16.2 Å². The number of carbonyl (C=O) groups is 2. The molecule has 9 nitrogen and oxygen atoms in total. The highest BCUT2D eigenvalue weighted by molar-refractivity contribution is 5.86. The summed E-state index contributed by atoms with van der Waals surface area (Å²) in [6.07, 6.45) is 34.1. The molecule has 1 aliphatic heterocycles. The number of unbranched alkanes of at least 4 members (excludes halogenated alkanes) is 29. The summed E-state index contributed by atoms with van der Waals surface area (Å²) in [7, 11) is 0. The SMILES string of the molecule is CCCCCCCCCCCCCCCCCCN(C(=O)CCCCCCCCCCCCCCCCC)[C@]1(N)O[C@H](CO)[C@@H](O)[C@H](O)[C@H]1C(=O)CN. The van der Waals surface area contributed by atoms with Crippen molar-refractivity contribution in [2.24, 2.45) is 17.4 Å². The summed E-state index contributed by atoms with van der Waals surface area (Å²) in [4.78, 5) is 28.3. The minimum absolute atomic E-state index is 0.238. The van der Waals surface area contributed by atoms with E-state index in [1.165, 1.54) is 153 Å². The molecule has 1 amide bonds. The van der Waals surface area contributed by atoms with Crippen LogP contribution >= 0.6 is 0 Å². The molecule has 0 bridgehead atoms. The molecule has 7 N–H and O–H groups in total. The van der Waals surface area contributed by atoms with E-state index in [9.17, 15) is 24.9 Å². The molecule has 1 heterocycles. The number of hydrogen-bond acceptors (Lipinski definition) is 8. The monoisotopic (exact) mass is 754 g/mol. The number of hydrogen-bond donors (Lipinski definition) is 5. The summed E-state index contributed by atoms with van der Waals surface area (Å²) >= 11 is 0. The maximum absolute atomic E-state index is 13.8. The zero-order valence-corrected chi connectivity index (χ0v) is 34.7. The normalized spacial score (nSPS) is 21.6. The molecule has 1 rings (SSSR count). The lowest BCUT2D eigenvalue weighted by atomic mass is 9.82. The highest BCUT2D eigenvalue weighted by Crippen LogP contribution is 2.36. The molecule has 9 heteroatoms. The van der Waals surface area contributed by atoms with Crippen molar-refractivity contribution >= 4 is 11.7 Å². The number of nitrogens with two attached hydrogens (primary N) is 2. The molecule has 0 spiro atoms. The highest BCUT2D eigenvalue weighted by atomic mass is 16.6. The summed E-state index contributed by atoms with van der Waals surface area (Å²) in [5.74, 6) is -4.26. The van der Waals surface area contributed by atoms with Gasteiger partial charge < -0.3 is 30.7 Å². The van der Waals surface area contributed by atoms with Gasteiger partial charge in [0.2, 0.25) is 11.8 Å². The predicted molar refractivity (Wildman–Crippen MR) is 219 cm³/mol. The Hall–Kier alpha value is -1.10. The molecule has 0 aromatic rings. The average Bonchev–Trinajstić information content (AvgIpc) is 3.15. The van der Waals surface area contributed by atoms with Crippen molar-refractivity contribution in [1.82, 2.24) is 4.90 Å². The first-order chi connectivity index (χ1) is 25.8. The Labute approximate surface area is 326 Å². The molecule has 5 atom stereocenters. The van der Waals surface area contributed by atoms with Gasteiger partial charge in [-0.15, -0.1) is 0 Å². The van der Waals surface area contributed by atoms with Crippen LogP contribution in [0.1, 0.15) is 219 Å². The predicted octanol–water partition coefficient (Wildman–Crippen LogP) is 9.21. The number of ketones is 1. The Bertz CT molecular complexity index is 878. The topological polar surface area (TPSA) is 159 Å². The molecule has 53 heavy (non-hydrogen) atoms. The van der Waals surface area contributed by atoms with E-state index in [2.05, 4.69) is 13.8 Å². The van der Waals surface area contributed by atoms with E-state index in [-0.39, 0.29) is 18.9 Å². The largest absolute Gasteiger partial charge is 0.394 e. The van der Waals surface area contributed by atoms with Gasteiger partial charge in [0.05, 0.1) is 19.3 Å². The molecule has 314 valence electrons. The number of aliphatic hydroxyl groups excluding tert-OH is 3. The van der Waals surface area contributed by atoms with E-state index in [0.29, 0.717) is 12.8 Å². The standard InChI is InChI=1S/C44H87N3O6/c1-3-5-7-9-11-13-15-17-19-21-23-25-27-29-31-33-35-47(44(46)41(38(49)36-45)43(52)42(51)39(37-48)53-44)40(50)34-32-30-28-26-24-22-20-18-16-14-12-10-8-6-4-2/h39,41-43,48,51-52H,3-37,45-46H2,1-2H3/t39-,41-,42-,43-,44+/m1/s1. The van der Waals surface area contributed by atoms with E-state index in [1.807, 2.05) is 0 Å². The lowest BCUT2D eigenvalue weighted by Crippen LogP contribution is -2.75. The quantitative estimate of drug-likeness (QED) is 0.0310. The first-order valence-electron chi connectivity index (χ1n) is 22.7. The van der Waals surface area contributed by atoms with Gasteiger partial charge in [0.15, 0.2) is 5.78 Å². The molecule has 0 radical (unpaired) electrons. The van der Waals surface area contributed by atoms with Crippen molar-refractivity contribution in [3.63, 3.8) is 0 Å². The van der Waals surface area contributed by atoms with Gasteiger partial charge in [-0.1, -0.05) is 200 Å². The van der Waals surface area contributed by atoms with Crippen LogP contribution in [0.25, 0.3) is 0 Å². The third kappa shape index (κ3) is 21.7. The van der Waals surface area contributed by atoms with Crippen LogP contribution in [0.4, 0.5) is 0 Å². The van der Waals surface area contributed by atoms with Crippen LogP contribution in [0.15, 0.2) is 0 Å². The van der Waals surface area contributed by atoms with Crippen molar-refractivity contribution < 1.29 is 29.6 Å². The van der Waals surface area contributed by atoms with Crippen LogP contribution in [-0.4, -0.2) is 75.8 Å². The Balaban J connectivity index is 2.52. The van der Waals surface area contributed by atoms with Crippen LogP contribution in [0.5, 0.6) is 0 Å². The molecular formula is C44H87N3O6. The minimum Gasteiger partial charge on any atom is -0.394 e. The molecule has 0 unspecified atom stereocenters. The Morgan fingerprint density at radius 1 is 0.566 bits per heavy atom.